The molecule has 0 fully saturated rings. The molecule has 0 aliphatic carbocycles. The molecule has 1 N–H and O–H groups in total. The van der Waals surface area contributed by atoms with Gasteiger partial charge in [-0.25, -0.2) is 4.98 Å². The van der Waals surface area contributed by atoms with E-state index in [1.165, 1.54) is 5.56 Å². The number of benzene rings is 1. The van der Waals surface area contributed by atoms with Gasteiger partial charge < -0.3 is 4.98 Å². The average Bonchev–Trinajstić information content (AvgIpc) is 2.37. The van der Waals surface area contributed by atoms with E-state index in [1.807, 2.05) is 0 Å². The van der Waals surface area contributed by atoms with Crippen molar-refractivity contribution in [1.82, 2.24) is 9.97 Å². The van der Waals surface area contributed by atoms with Crippen LogP contribution in [0.2, 0.25) is 0 Å². The SMILES string of the molecule is Cc1[nH]c(-c2ccc(C(C)C)cc2)nc(=S)c1C(C)C. The molecule has 1 aromatic carbocycles. The molecule has 0 spiro atoms. The molecule has 0 saturated carbocycles. The largest absolute Gasteiger partial charge is 0.343 e. The van der Waals surface area contributed by atoms with Crippen molar-refractivity contribution in [3.05, 3.63) is 45.7 Å². The highest BCUT2D eigenvalue weighted by Gasteiger charge is 2.10. The van der Waals surface area contributed by atoms with Gasteiger partial charge in [-0.3, -0.25) is 0 Å². The Balaban J connectivity index is 2.46. The molecule has 0 amide bonds. The normalized spacial score (nSPS) is 11.3. The van der Waals surface area contributed by atoms with Gasteiger partial charge in [-0.15, -0.1) is 0 Å². The molecular formula is C17H22N2S. The van der Waals surface area contributed by atoms with E-state index in [9.17, 15) is 0 Å². The summed E-state index contributed by atoms with van der Waals surface area (Å²) in [6.07, 6.45) is 0. The lowest BCUT2D eigenvalue weighted by Gasteiger charge is -2.12. The van der Waals surface area contributed by atoms with Crippen LogP contribution >= 0.6 is 12.2 Å². The van der Waals surface area contributed by atoms with Gasteiger partial charge in [0.05, 0.1) is 0 Å². The molecule has 1 heterocycles. The van der Waals surface area contributed by atoms with E-state index in [0.29, 0.717) is 16.5 Å². The summed E-state index contributed by atoms with van der Waals surface area (Å²) in [6, 6.07) is 8.53. The van der Waals surface area contributed by atoms with Gasteiger partial charge in [0.15, 0.2) is 0 Å². The smallest absolute Gasteiger partial charge is 0.139 e. The van der Waals surface area contributed by atoms with E-state index < -0.39 is 0 Å². The fourth-order valence-corrected chi connectivity index (χ4v) is 2.92. The minimum atomic E-state index is 0.392. The first-order valence-corrected chi connectivity index (χ1v) is 7.52. The number of hydrogen-bond donors (Lipinski definition) is 1. The molecule has 0 aliphatic rings. The highest BCUT2D eigenvalue weighted by molar-refractivity contribution is 7.71. The first-order chi connectivity index (χ1) is 9.40. The van der Waals surface area contributed by atoms with Crippen LogP contribution in [0.4, 0.5) is 0 Å². The first kappa shape index (κ1) is 14.9. The zero-order chi connectivity index (χ0) is 14.9. The van der Waals surface area contributed by atoms with Crippen LogP contribution in [0.5, 0.6) is 0 Å². The zero-order valence-electron chi connectivity index (χ0n) is 12.8. The minimum Gasteiger partial charge on any atom is -0.343 e. The average molecular weight is 286 g/mol. The van der Waals surface area contributed by atoms with Crippen molar-refractivity contribution in [2.24, 2.45) is 0 Å². The third-order valence-electron chi connectivity index (χ3n) is 3.58. The van der Waals surface area contributed by atoms with Crippen molar-refractivity contribution in [3.8, 4) is 11.4 Å². The molecule has 3 heteroatoms. The van der Waals surface area contributed by atoms with E-state index in [1.54, 1.807) is 0 Å². The maximum absolute atomic E-state index is 5.44. The van der Waals surface area contributed by atoms with Crippen LogP contribution in [0, 0.1) is 11.6 Å². The zero-order valence-corrected chi connectivity index (χ0v) is 13.6. The van der Waals surface area contributed by atoms with Crippen molar-refractivity contribution in [2.75, 3.05) is 0 Å². The number of aromatic amines is 1. The maximum Gasteiger partial charge on any atom is 0.139 e. The second-order valence-electron chi connectivity index (χ2n) is 5.86. The summed E-state index contributed by atoms with van der Waals surface area (Å²) in [6.45, 7) is 10.7. The van der Waals surface area contributed by atoms with E-state index in [4.69, 9.17) is 12.2 Å². The minimum absolute atomic E-state index is 0.392. The fraction of sp³-hybridized carbons (Fsp3) is 0.412. The number of H-pyrrole nitrogens is 1. The van der Waals surface area contributed by atoms with E-state index in [-0.39, 0.29) is 0 Å². The summed E-state index contributed by atoms with van der Waals surface area (Å²) >= 11 is 5.44. The summed E-state index contributed by atoms with van der Waals surface area (Å²) < 4.78 is 0.708. The van der Waals surface area contributed by atoms with Gasteiger partial charge in [-0.1, -0.05) is 64.2 Å². The molecule has 2 rings (SSSR count). The van der Waals surface area contributed by atoms with Gasteiger partial charge in [-0.05, 0) is 24.3 Å². The third kappa shape index (κ3) is 2.98. The summed E-state index contributed by atoms with van der Waals surface area (Å²) in [7, 11) is 0. The summed E-state index contributed by atoms with van der Waals surface area (Å²) in [5.74, 6) is 1.79. The van der Waals surface area contributed by atoms with Gasteiger partial charge in [0, 0.05) is 16.8 Å². The lowest BCUT2D eigenvalue weighted by atomic mass is 10.0. The summed E-state index contributed by atoms with van der Waals surface area (Å²) in [5, 5.41) is 0. The Morgan fingerprint density at radius 3 is 2.05 bits per heavy atom. The van der Waals surface area contributed by atoms with Crippen molar-refractivity contribution in [2.45, 2.75) is 46.5 Å². The fourth-order valence-electron chi connectivity index (χ4n) is 2.44. The number of rotatable bonds is 3. The summed E-state index contributed by atoms with van der Waals surface area (Å²) in [4.78, 5) is 7.94. The van der Waals surface area contributed by atoms with E-state index >= 15 is 0 Å². The topological polar surface area (TPSA) is 28.7 Å². The molecule has 20 heavy (non-hydrogen) atoms. The number of aromatic nitrogens is 2. The molecule has 2 aromatic rings. The van der Waals surface area contributed by atoms with Crippen molar-refractivity contribution >= 4 is 12.2 Å². The van der Waals surface area contributed by atoms with E-state index in [2.05, 4.69) is 68.9 Å². The number of hydrogen-bond acceptors (Lipinski definition) is 2. The Hall–Kier alpha value is -1.48. The van der Waals surface area contributed by atoms with Gasteiger partial charge >= 0.3 is 0 Å². The molecular weight excluding hydrogens is 264 g/mol. The second-order valence-corrected chi connectivity index (χ2v) is 6.25. The van der Waals surface area contributed by atoms with Crippen molar-refractivity contribution < 1.29 is 0 Å². The predicted octanol–water partition coefficient (Wildman–Crippen LogP) is 5.36. The lowest BCUT2D eigenvalue weighted by Crippen LogP contribution is -2.01. The molecule has 0 bridgehead atoms. The number of nitrogens with one attached hydrogen (secondary N) is 1. The Kier molecular flexibility index (Phi) is 4.39. The first-order valence-electron chi connectivity index (χ1n) is 7.11. The molecule has 0 saturated heterocycles. The maximum atomic E-state index is 5.44. The van der Waals surface area contributed by atoms with Crippen LogP contribution in [0.1, 0.15) is 56.4 Å². The Labute approximate surface area is 126 Å². The van der Waals surface area contributed by atoms with Gasteiger partial charge in [0.2, 0.25) is 0 Å². The van der Waals surface area contributed by atoms with Crippen LogP contribution in [0.15, 0.2) is 24.3 Å². The molecule has 0 aliphatic heterocycles. The Morgan fingerprint density at radius 2 is 1.60 bits per heavy atom. The third-order valence-corrected chi connectivity index (χ3v) is 3.89. The highest BCUT2D eigenvalue weighted by Crippen LogP contribution is 2.24. The van der Waals surface area contributed by atoms with E-state index in [0.717, 1.165) is 22.6 Å². The molecule has 0 radical (unpaired) electrons. The van der Waals surface area contributed by atoms with Gasteiger partial charge in [0.25, 0.3) is 0 Å². The van der Waals surface area contributed by atoms with Crippen molar-refractivity contribution in [3.63, 3.8) is 0 Å². The van der Waals surface area contributed by atoms with Crippen LogP contribution in [0.25, 0.3) is 11.4 Å². The second kappa shape index (κ2) is 5.88. The number of aryl methyl sites for hydroxylation is 1. The molecule has 1 aromatic heterocycles. The highest BCUT2D eigenvalue weighted by atomic mass is 32.1. The predicted molar refractivity (Wildman–Crippen MR) is 87.8 cm³/mol. The molecule has 0 atom stereocenters. The standard InChI is InChI=1S/C17H22N2S/c1-10(2)13-6-8-14(9-7-13)16-18-12(5)15(11(3)4)17(20)19-16/h6-11H,1-5H3,(H,18,19,20). The molecule has 0 unspecified atom stereocenters. The van der Waals surface area contributed by atoms with Crippen LogP contribution < -0.4 is 0 Å². The molecule has 2 nitrogen and oxygen atoms in total. The number of nitrogens with zero attached hydrogens (tertiary/aromatic N) is 1. The van der Waals surface area contributed by atoms with Crippen molar-refractivity contribution in [1.29, 1.82) is 0 Å². The van der Waals surface area contributed by atoms with Crippen LogP contribution in [-0.4, -0.2) is 9.97 Å². The summed E-state index contributed by atoms with van der Waals surface area (Å²) in [5.41, 5.74) is 4.67. The van der Waals surface area contributed by atoms with Crippen LogP contribution in [-0.2, 0) is 0 Å². The molecule has 106 valence electrons. The quantitative estimate of drug-likeness (QED) is 0.769. The Morgan fingerprint density at radius 1 is 1.00 bits per heavy atom. The van der Waals surface area contributed by atoms with Gasteiger partial charge in [0.1, 0.15) is 10.5 Å². The van der Waals surface area contributed by atoms with Gasteiger partial charge in [-0.2, -0.15) is 0 Å². The monoisotopic (exact) mass is 286 g/mol. The van der Waals surface area contributed by atoms with Crippen LogP contribution in [0.3, 0.4) is 0 Å². The Bertz CT molecular complexity index is 652. The lowest BCUT2D eigenvalue weighted by molar-refractivity contribution is 0.825.